The van der Waals surface area contributed by atoms with E-state index in [1.165, 1.54) is 28.6 Å². The van der Waals surface area contributed by atoms with Crippen molar-refractivity contribution in [2.24, 2.45) is 0 Å². The van der Waals surface area contributed by atoms with Crippen LogP contribution in [0.4, 0.5) is 0 Å². The Morgan fingerprint density at radius 1 is 1.21 bits per heavy atom. The van der Waals surface area contributed by atoms with Crippen LogP contribution in [0.15, 0.2) is 35.2 Å². The van der Waals surface area contributed by atoms with Crippen molar-refractivity contribution in [3.05, 3.63) is 47.3 Å². The maximum Gasteiger partial charge on any atom is 0.335 e. The first-order valence-electron chi connectivity index (χ1n) is 7.85. The van der Waals surface area contributed by atoms with Crippen molar-refractivity contribution in [3.63, 3.8) is 0 Å². The number of hydrogen-bond donors (Lipinski definition) is 1. The van der Waals surface area contributed by atoms with Crippen LogP contribution in [0.2, 0.25) is 0 Å². The Labute approximate surface area is 139 Å². The molecule has 0 amide bonds. The van der Waals surface area contributed by atoms with E-state index < -0.39 is 16.0 Å². The second-order valence-electron chi connectivity index (χ2n) is 6.23. The minimum Gasteiger partial charge on any atom is -0.478 e. The molecule has 1 saturated carbocycles. The van der Waals surface area contributed by atoms with Crippen LogP contribution in [0.1, 0.15) is 40.5 Å². The first-order chi connectivity index (χ1) is 11.4. The van der Waals surface area contributed by atoms with Gasteiger partial charge in [0.2, 0.25) is 10.0 Å². The van der Waals surface area contributed by atoms with Crippen molar-refractivity contribution >= 4 is 16.0 Å². The third-order valence-corrected chi connectivity index (χ3v) is 6.34. The number of aromatic carboxylic acids is 1. The van der Waals surface area contributed by atoms with E-state index in [2.05, 4.69) is 5.10 Å². The molecule has 1 aliphatic heterocycles. The number of carboxylic acid groups (broad SMARTS) is 1. The van der Waals surface area contributed by atoms with E-state index in [4.69, 9.17) is 5.11 Å². The molecule has 126 valence electrons. The lowest BCUT2D eigenvalue weighted by atomic mass is 10.2. The lowest BCUT2D eigenvalue weighted by Gasteiger charge is -2.27. The molecule has 2 heterocycles. The molecule has 24 heavy (non-hydrogen) atoms. The summed E-state index contributed by atoms with van der Waals surface area (Å²) in [5.74, 6) is -0.613. The molecule has 0 saturated heterocycles. The van der Waals surface area contributed by atoms with Crippen molar-refractivity contribution in [1.82, 2.24) is 14.1 Å². The third kappa shape index (κ3) is 2.61. The highest BCUT2D eigenvalue weighted by molar-refractivity contribution is 7.89. The molecule has 8 heteroatoms. The van der Waals surface area contributed by atoms with Gasteiger partial charge in [0.05, 0.1) is 34.9 Å². The number of carbonyl (C=O) groups is 1. The van der Waals surface area contributed by atoms with Gasteiger partial charge in [0.25, 0.3) is 0 Å². The van der Waals surface area contributed by atoms with Crippen LogP contribution in [-0.2, 0) is 23.1 Å². The molecular weight excluding hydrogens is 330 g/mol. The van der Waals surface area contributed by atoms with E-state index in [-0.39, 0.29) is 17.0 Å². The van der Waals surface area contributed by atoms with E-state index in [0.29, 0.717) is 19.0 Å². The Hall–Kier alpha value is -2.19. The minimum atomic E-state index is -3.73. The molecule has 1 aromatic carbocycles. The van der Waals surface area contributed by atoms with Gasteiger partial charge in [0.15, 0.2) is 0 Å². The molecule has 0 atom stereocenters. The highest BCUT2D eigenvalue weighted by Crippen LogP contribution is 2.40. The molecule has 2 aromatic rings. The Kier molecular flexibility index (Phi) is 3.47. The molecule has 1 aromatic heterocycles. The van der Waals surface area contributed by atoms with Gasteiger partial charge in [-0.3, -0.25) is 4.68 Å². The number of hydrogen-bond acceptors (Lipinski definition) is 4. The standard InChI is InChI=1S/C16H17N3O4S/c20-16(21)12-2-1-3-14(8-12)24(22,23)18-6-7-19-13(10-18)9-15(17-19)11-4-5-11/h1-3,8-9,11H,4-7,10H2,(H,20,21). The molecule has 1 N–H and O–H groups in total. The van der Waals surface area contributed by atoms with E-state index >= 15 is 0 Å². The quantitative estimate of drug-likeness (QED) is 0.908. The molecule has 1 aliphatic carbocycles. The smallest absolute Gasteiger partial charge is 0.335 e. The van der Waals surface area contributed by atoms with E-state index in [1.54, 1.807) is 0 Å². The van der Waals surface area contributed by atoms with Crippen molar-refractivity contribution in [2.45, 2.75) is 36.7 Å². The second-order valence-corrected chi connectivity index (χ2v) is 8.17. The van der Waals surface area contributed by atoms with Crippen molar-refractivity contribution in [1.29, 1.82) is 0 Å². The average molecular weight is 347 g/mol. The molecule has 0 bridgehead atoms. The number of nitrogens with zero attached hydrogens (tertiary/aromatic N) is 3. The monoisotopic (exact) mass is 347 g/mol. The summed E-state index contributed by atoms with van der Waals surface area (Å²) in [6, 6.07) is 7.47. The maximum atomic E-state index is 12.8. The molecule has 0 spiro atoms. The van der Waals surface area contributed by atoms with Crippen LogP contribution in [0.25, 0.3) is 0 Å². The van der Waals surface area contributed by atoms with Crippen molar-refractivity contribution < 1.29 is 18.3 Å². The van der Waals surface area contributed by atoms with Crippen LogP contribution in [0.3, 0.4) is 0 Å². The number of rotatable bonds is 4. The van der Waals surface area contributed by atoms with Crippen LogP contribution >= 0.6 is 0 Å². The van der Waals surface area contributed by atoms with Crippen molar-refractivity contribution in [2.75, 3.05) is 6.54 Å². The Morgan fingerprint density at radius 3 is 2.71 bits per heavy atom. The first-order valence-corrected chi connectivity index (χ1v) is 9.29. The largest absolute Gasteiger partial charge is 0.478 e. The summed E-state index contributed by atoms with van der Waals surface area (Å²) in [5.41, 5.74) is 1.91. The van der Waals surface area contributed by atoms with Gasteiger partial charge < -0.3 is 5.11 Å². The van der Waals surface area contributed by atoms with E-state index in [1.807, 2.05) is 10.7 Å². The normalized spacial score (nSPS) is 18.3. The number of fused-ring (bicyclic) bond motifs is 1. The number of carboxylic acids is 1. The van der Waals surface area contributed by atoms with Gasteiger partial charge in [-0.15, -0.1) is 0 Å². The van der Waals surface area contributed by atoms with E-state index in [0.717, 1.165) is 24.2 Å². The van der Waals surface area contributed by atoms with Crippen LogP contribution < -0.4 is 0 Å². The van der Waals surface area contributed by atoms with Crippen LogP contribution in [-0.4, -0.2) is 40.1 Å². The van der Waals surface area contributed by atoms with Crippen molar-refractivity contribution in [3.8, 4) is 0 Å². The van der Waals surface area contributed by atoms with Crippen LogP contribution in [0.5, 0.6) is 0 Å². The zero-order chi connectivity index (χ0) is 16.9. The lowest BCUT2D eigenvalue weighted by molar-refractivity contribution is 0.0696. The zero-order valence-corrected chi connectivity index (χ0v) is 13.7. The van der Waals surface area contributed by atoms with Gasteiger partial charge in [0.1, 0.15) is 0 Å². The highest BCUT2D eigenvalue weighted by Gasteiger charge is 2.32. The van der Waals surface area contributed by atoms with Gasteiger partial charge in [-0.05, 0) is 37.1 Å². The Balaban J connectivity index is 1.63. The predicted molar refractivity (Wildman–Crippen MR) is 85.2 cm³/mol. The highest BCUT2D eigenvalue weighted by atomic mass is 32.2. The first kappa shape index (κ1) is 15.3. The van der Waals surface area contributed by atoms with Gasteiger partial charge in [0, 0.05) is 12.5 Å². The topological polar surface area (TPSA) is 92.5 Å². The summed E-state index contributed by atoms with van der Waals surface area (Å²) >= 11 is 0. The molecule has 4 rings (SSSR count). The summed E-state index contributed by atoms with van der Waals surface area (Å²) in [4.78, 5) is 11.1. The molecule has 0 unspecified atom stereocenters. The molecule has 7 nitrogen and oxygen atoms in total. The van der Waals surface area contributed by atoms with Crippen LogP contribution in [0, 0.1) is 0 Å². The summed E-state index contributed by atoms with van der Waals surface area (Å²) in [6.07, 6.45) is 2.31. The molecular formula is C16H17N3O4S. The number of sulfonamides is 1. The summed E-state index contributed by atoms with van der Waals surface area (Å²) in [6.45, 7) is 1.11. The van der Waals surface area contributed by atoms with Gasteiger partial charge >= 0.3 is 5.97 Å². The van der Waals surface area contributed by atoms with Gasteiger partial charge in [-0.1, -0.05) is 6.07 Å². The summed E-state index contributed by atoms with van der Waals surface area (Å²) in [5, 5.41) is 13.6. The third-order valence-electron chi connectivity index (χ3n) is 4.50. The maximum absolute atomic E-state index is 12.8. The SMILES string of the molecule is O=C(O)c1cccc(S(=O)(=O)N2CCn3nc(C4CC4)cc3C2)c1. The Morgan fingerprint density at radius 2 is 2.00 bits per heavy atom. The average Bonchev–Trinajstić information content (AvgIpc) is 3.33. The minimum absolute atomic E-state index is 0.0118. The molecule has 0 radical (unpaired) electrons. The fourth-order valence-corrected chi connectivity index (χ4v) is 4.44. The second kappa shape index (κ2) is 5.42. The predicted octanol–water partition coefficient (Wildman–Crippen LogP) is 1.66. The van der Waals surface area contributed by atoms with E-state index in [9.17, 15) is 13.2 Å². The lowest BCUT2D eigenvalue weighted by Crippen LogP contribution is -2.38. The Bertz CT molecular complexity index is 915. The number of benzene rings is 1. The van der Waals surface area contributed by atoms with Gasteiger partial charge in [-0.2, -0.15) is 9.40 Å². The molecule has 2 aliphatic rings. The summed E-state index contributed by atoms with van der Waals surface area (Å²) in [7, 11) is -3.73. The van der Waals surface area contributed by atoms with Gasteiger partial charge in [-0.25, -0.2) is 13.2 Å². The summed E-state index contributed by atoms with van der Waals surface area (Å²) < 4.78 is 28.9. The zero-order valence-electron chi connectivity index (χ0n) is 12.9. The number of aromatic nitrogens is 2. The fraction of sp³-hybridized carbons (Fsp3) is 0.375. The molecule has 1 fully saturated rings. The fourth-order valence-electron chi connectivity index (χ4n) is 2.99.